The van der Waals surface area contributed by atoms with Crippen molar-refractivity contribution in [3.8, 4) is 23.0 Å². The third-order valence-corrected chi connectivity index (χ3v) is 5.48. The zero-order valence-corrected chi connectivity index (χ0v) is 16.0. The summed E-state index contributed by atoms with van der Waals surface area (Å²) in [5.74, 6) is 3.40. The highest BCUT2D eigenvalue weighted by Gasteiger charge is 2.25. The molecule has 2 aromatic carbocycles. The van der Waals surface area contributed by atoms with Crippen molar-refractivity contribution in [1.29, 1.82) is 0 Å². The minimum absolute atomic E-state index is 0.335. The van der Waals surface area contributed by atoms with Crippen molar-refractivity contribution in [1.82, 2.24) is 0 Å². The van der Waals surface area contributed by atoms with Crippen molar-refractivity contribution in [3.05, 3.63) is 47.5 Å². The summed E-state index contributed by atoms with van der Waals surface area (Å²) in [6.45, 7) is 6.97. The number of quaternary nitrogens is 2. The highest BCUT2D eigenvalue weighted by atomic mass is 16.7. The second-order valence-electron chi connectivity index (χ2n) is 7.19. The lowest BCUT2D eigenvalue weighted by molar-refractivity contribution is -1.02. The fourth-order valence-electron chi connectivity index (χ4n) is 4.01. The van der Waals surface area contributed by atoms with Gasteiger partial charge in [0.15, 0.2) is 23.0 Å². The second-order valence-corrected chi connectivity index (χ2v) is 7.19. The first kappa shape index (κ1) is 17.9. The van der Waals surface area contributed by atoms with Crippen molar-refractivity contribution < 1.29 is 28.7 Å². The molecule has 0 aliphatic carbocycles. The van der Waals surface area contributed by atoms with Crippen LogP contribution >= 0.6 is 0 Å². The van der Waals surface area contributed by atoms with Gasteiger partial charge in [-0.15, -0.1) is 0 Å². The molecule has 0 bridgehead atoms. The van der Waals surface area contributed by atoms with E-state index in [9.17, 15) is 0 Å². The zero-order valence-electron chi connectivity index (χ0n) is 16.0. The predicted octanol–water partition coefficient (Wildman–Crippen LogP) is -0.0839. The Morgan fingerprint density at radius 2 is 1.59 bits per heavy atom. The van der Waals surface area contributed by atoms with E-state index in [1.807, 2.05) is 18.2 Å². The lowest BCUT2D eigenvalue weighted by Gasteiger charge is -2.30. The van der Waals surface area contributed by atoms with Gasteiger partial charge in [-0.2, -0.15) is 0 Å². The van der Waals surface area contributed by atoms with E-state index in [4.69, 9.17) is 18.9 Å². The molecule has 0 atom stereocenters. The van der Waals surface area contributed by atoms with Crippen LogP contribution in [0, 0.1) is 0 Å². The van der Waals surface area contributed by atoms with Gasteiger partial charge in [-0.25, -0.2) is 0 Å². The van der Waals surface area contributed by atoms with Crippen LogP contribution < -0.4 is 28.7 Å². The molecule has 144 valence electrons. The Morgan fingerprint density at radius 1 is 0.852 bits per heavy atom. The Balaban J connectivity index is 1.33. The maximum atomic E-state index is 5.58. The molecule has 0 amide bonds. The normalized spacial score (nSPS) is 21.1. The summed E-state index contributed by atoms with van der Waals surface area (Å²) in [4.78, 5) is 3.21. The predicted molar refractivity (Wildman–Crippen MR) is 101 cm³/mol. The van der Waals surface area contributed by atoms with Crippen molar-refractivity contribution >= 4 is 0 Å². The van der Waals surface area contributed by atoms with E-state index in [-0.39, 0.29) is 0 Å². The number of fused-ring (bicyclic) bond motifs is 1. The first-order chi connectivity index (χ1) is 13.3. The fraction of sp³-hybridized carbons (Fsp3) is 0.429. The summed E-state index contributed by atoms with van der Waals surface area (Å²) in [7, 11) is 3.40. The Morgan fingerprint density at radius 3 is 2.33 bits per heavy atom. The summed E-state index contributed by atoms with van der Waals surface area (Å²) in [6, 6.07) is 12.4. The Hall–Kier alpha value is -2.44. The van der Waals surface area contributed by atoms with Crippen molar-refractivity contribution in [3.63, 3.8) is 0 Å². The number of piperazine rings is 1. The highest BCUT2D eigenvalue weighted by molar-refractivity contribution is 5.46. The summed E-state index contributed by atoms with van der Waals surface area (Å²) in [5.41, 5.74) is 2.53. The number of hydrogen-bond donors (Lipinski definition) is 2. The van der Waals surface area contributed by atoms with Gasteiger partial charge in [0.25, 0.3) is 0 Å². The van der Waals surface area contributed by atoms with E-state index < -0.39 is 0 Å². The van der Waals surface area contributed by atoms with Crippen LogP contribution in [-0.4, -0.2) is 47.2 Å². The fourth-order valence-corrected chi connectivity index (χ4v) is 4.01. The smallest absolute Gasteiger partial charge is 0.231 e. The van der Waals surface area contributed by atoms with Crippen LogP contribution in [-0.2, 0) is 13.1 Å². The molecule has 2 aromatic rings. The summed E-state index contributed by atoms with van der Waals surface area (Å²) in [6.07, 6.45) is 0. The van der Waals surface area contributed by atoms with E-state index in [1.54, 1.807) is 24.0 Å². The quantitative estimate of drug-likeness (QED) is 0.745. The van der Waals surface area contributed by atoms with Gasteiger partial charge in [0.1, 0.15) is 39.3 Å². The molecule has 0 saturated carbocycles. The molecule has 0 unspecified atom stereocenters. The number of benzene rings is 2. The molecular formula is C21H28N2O4+2. The summed E-state index contributed by atoms with van der Waals surface area (Å²) < 4.78 is 21.9. The SMILES string of the molecule is COc1cccc(C[NH+]2CC[NH+](Cc3ccc4c(c3)OCO4)CC2)c1OC. The highest BCUT2D eigenvalue weighted by Crippen LogP contribution is 2.32. The minimum atomic E-state index is 0.335. The molecule has 1 saturated heterocycles. The van der Waals surface area contributed by atoms with Gasteiger partial charge in [0.2, 0.25) is 6.79 Å². The van der Waals surface area contributed by atoms with Gasteiger partial charge in [-0.05, 0) is 30.3 Å². The van der Waals surface area contributed by atoms with Crippen molar-refractivity contribution in [2.75, 3.05) is 47.2 Å². The number of nitrogens with one attached hydrogen (secondary N) is 2. The van der Waals surface area contributed by atoms with Crippen molar-refractivity contribution in [2.45, 2.75) is 13.1 Å². The molecule has 6 heteroatoms. The van der Waals surface area contributed by atoms with Crippen LogP contribution in [0.2, 0.25) is 0 Å². The number of hydrogen-bond acceptors (Lipinski definition) is 4. The third-order valence-electron chi connectivity index (χ3n) is 5.48. The first-order valence-corrected chi connectivity index (χ1v) is 9.52. The standard InChI is InChI=1S/C21H26N2O4/c1-24-19-5-3-4-17(21(19)25-2)14-23-10-8-22(9-11-23)13-16-6-7-18-20(12-16)27-15-26-18/h3-7,12H,8-11,13-15H2,1-2H3/p+2. The Kier molecular flexibility index (Phi) is 5.36. The van der Waals surface area contributed by atoms with Gasteiger partial charge >= 0.3 is 0 Å². The molecule has 4 rings (SSSR count). The average molecular weight is 372 g/mol. The number of para-hydroxylation sites is 1. The lowest BCUT2D eigenvalue weighted by Crippen LogP contribution is -3.27. The monoisotopic (exact) mass is 372 g/mol. The number of methoxy groups -OCH3 is 2. The first-order valence-electron chi connectivity index (χ1n) is 9.52. The van der Waals surface area contributed by atoms with Crippen LogP contribution in [0.15, 0.2) is 36.4 Å². The van der Waals surface area contributed by atoms with E-state index in [0.29, 0.717) is 6.79 Å². The molecule has 6 nitrogen and oxygen atoms in total. The molecule has 1 fully saturated rings. The van der Waals surface area contributed by atoms with Crippen LogP contribution in [0.4, 0.5) is 0 Å². The van der Waals surface area contributed by atoms with E-state index in [1.165, 1.54) is 11.1 Å². The minimum Gasteiger partial charge on any atom is -0.493 e. The van der Waals surface area contributed by atoms with Crippen LogP contribution in [0.25, 0.3) is 0 Å². The molecule has 2 heterocycles. The van der Waals surface area contributed by atoms with Crippen LogP contribution in [0.5, 0.6) is 23.0 Å². The van der Waals surface area contributed by atoms with E-state index in [0.717, 1.165) is 62.3 Å². The molecular weight excluding hydrogens is 344 g/mol. The summed E-state index contributed by atoms with van der Waals surface area (Å²) >= 11 is 0. The van der Waals surface area contributed by atoms with Gasteiger partial charge in [0, 0.05) is 5.56 Å². The van der Waals surface area contributed by atoms with E-state index in [2.05, 4.69) is 18.2 Å². The van der Waals surface area contributed by atoms with Crippen molar-refractivity contribution in [2.24, 2.45) is 0 Å². The van der Waals surface area contributed by atoms with Gasteiger partial charge in [-0.3, -0.25) is 0 Å². The van der Waals surface area contributed by atoms with Gasteiger partial charge in [-0.1, -0.05) is 6.07 Å². The molecule has 0 radical (unpaired) electrons. The topological polar surface area (TPSA) is 45.8 Å². The average Bonchev–Trinajstić information content (AvgIpc) is 3.17. The summed E-state index contributed by atoms with van der Waals surface area (Å²) in [5, 5.41) is 0. The second kappa shape index (κ2) is 8.06. The molecule has 0 aromatic heterocycles. The van der Waals surface area contributed by atoms with Gasteiger partial charge in [0.05, 0.1) is 19.8 Å². The van der Waals surface area contributed by atoms with Gasteiger partial charge < -0.3 is 28.7 Å². The Bertz CT molecular complexity index is 788. The molecule has 2 N–H and O–H groups in total. The molecule has 0 spiro atoms. The van der Waals surface area contributed by atoms with E-state index >= 15 is 0 Å². The zero-order chi connectivity index (χ0) is 18.6. The molecule has 27 heavy (non-hydrogen) atoms. The number of ether oxygens (including phenoxy) is 4. The maximum Gasteiger partial charge on any atom is 0.231 e. The van der Waals surface area contributed by atoms with Crippen LogP contribution in [0.1, 0.15) is 11.1 Å². The maximum absolute atomic E-state index is 5.58. The van der Waals surface area contributed by atoms with Crippen LogP contribution in [0.3, 0.4) is 0 Å². The Labute approximate surface area is 160 Å². The lowest BCUT2D eigenvalue weighted by atomic mass is 10.1. The molecule has 2 aliphatic rings. The molecule has 2 aliphatic heterocycles. The largest absolute Gasteiger partial charge is 0.493 e. The third kappa shape index (κ3) is 3.96. The number of rotatable bonds is 6.